The molecule has 2 nitrogen and oxygen atoms in total. The van der Waals surface area contributed by atoms with Crippen LogP contribution in [0, 0.1) is 5.41 Å². The van der Waals surface area contributed by atoms with Crippen molar-refractivity contribution < 1.29 is 5.11 Å². The fourth-order valence-electron chi connectivity index (χ4n) is 1.97. The first-order chi connectivity index (χ1) is 7.92. The maximum absolute atomic E-state index is 9.17. The van der Waals surface area contributed by atoms with E-state index >= 15 is 0 Å². The molecule has 0 saturated heterocycles. The highest BCUT2D eigenvalue weighted by Crippen LogP contribution is 2.29. The van der Waals surface area contributed by atoms with Crippen LogP contribution in [0.4, 0.5) is 0 Å². The summed E-state index contributed by atoms with van der Waals surface area (Å²) in [5.41, 5.74) is 1.56. The first-order valence-corrected chi connectivity index (χ1v) is 6.34. The van der Waals surface area contributed by atoms with Gasteiger partial charge in [-0.2, -0.15) is 0 Å². The van der Waals surface area contributed by atoms with Crippen LogP contribution in [0.15, 0.2) is 30.3 Å². The molecule has 1 aromatic rings. The molecule has 0 aliphatic heterocycles. The molecule has 0 fully saturated rings. The molecule has 96 valence electrons. The van der Waals surface area contributed by atoms with E-state index in [4.69, 9.17) is 5.11 Å². The number of hydrogen-bond acceptors (Lipinski definition) is 2. The summed E-state index contributed by atoms with van der Waals surface area (Å²) in [7, 11) is 0. The van der Waals surface area contributed by atoms with Crippen molar-refractivity contribution in [2.45, 2.75) is 46.2 Å². The Labute approximate surface area is 105 Å². The standard InChI is InChI=1S/C15H25NO/c1-12(11-17)16-14(10-15(2,3)4)13-8-6-5-7-9-13/h5-9,12,14,16-17H,10-11H2,1-4H3/t12-,14?/m1/s1. The zero-order valence-electron chi connectivity index (χ0n) is 11.4. The van der Waals surface area contributed by atoms with Gasteiger partial charge in [0, 0.05) is 12.1 Å². The van der Waals surface area contributed by atoms with Crippen molar-refractivity contribution in [3.63, 3.8) is 0 Å². The van der Waals surface area contributed by atoms with Gasteiger partial charge in [-0.1, -0.05) is 51.1 Å². The number of aliphatic hydroxyl groups excluding tert-OH is 1. The Hall–Kier alpha value is -0.860. The Kier molecular flexibility index (Phi) is 5.16. The third-order valence-corrected chi connectivity index (χ3v) is 2.78. The molecule has 17 heavy (non-hydrogen) atoms. The molecule has 0 aliphatic carbocycles. The molecule has 1 rings (SSSR count). The fraction of sp³-hybridized carbons (Fsp3) is 0.600. The summed E-state index contributed by atoms with van der Waals surface area (Å²) >= 11 is 0. The quantitative estimate of drug-likeness (QED) is 0.822. The van der Waals surface area contributed by atoms with E-state index in [9.17, 15) is 0 Å². The second kappa shape index (κ2) is 6.18. The van der Waals surface area contributed by atoms with E-state index in [0.29, 0.717) is 6.04 Å². The Morgan fingerprint density at radius 2 is 1.76 bits per heavy atom. The summed E-state index contributed by atoms with van der Waals surface area (Å²) in [4.78, 5) is 0. The molecule has 2 heteroatoms. The van der Waals surface area contributed by atoms with Crippen molar-refractivity contribution in [2.75, 3.05) is 6.61 Å². The average Bonchev–Trinajstić information content (AvgIpc) is 2.27. The van der Waals surface area contributed by atoms with Crippen LogP contribution in [0.2, 0.25) is 0 Å². The molecule has 2 N–H and O–H groups in total. The molecule has 2 atom stereocenters. The number of aliphatic hydroxyl groups is 1. The van der Waals surface area contributed by atoms with Gasteiger partial charge >= 0.3 is 0 Å². The number of benzene rings is 1. The highest BCUT2D eigenvalue weighted by Gasteiger charge is 2.21. The zero-order chi connectivity index (χ0) is 12.9. The number of rotatable bonds is 5. The predicted octanol–water partition coefficient (Wildman–Crippen LogP) is 3.13. The second-order valence-electron chi connectivity index (χ2n) is 5.98. The number of nitrogens with one attached hydrogen (secondary N) is 1. The van der Waals surface area contributed by atoms with Gasteiger partial charge in [0.05, 0.1) is 6.61 Å². The molecule has 1 unspecified atom stereocenters. The van der Waals surface area contributed by atoms with Gasteiger partial charge in [0.25, 0.3) is 0 Å². The van der Waals surface area contributed by atoms with E-state index in [1.165, 1.54) is 5.56 Å². The van der Waals surface area contributed by atoms with E-state index in [1.807, 2.05) is 13.0 Å². The van der Waals surface area contributed by atoms with Crippen LogP contribution in [-0.4, -0.2) is 17.8 Å². The lowest BCUT2D eigenvalue weighted by molar-refractivity contribution is 0.222. The summed E-state index contributed by atoms with van der Waals surface area (Å²) in [6.45, 7) is 8.92. The summed E-state index contributed by atoms with van der Waals surface area (Å²) in [5, 5.41) is 12.7. The zero-order valence-corrected chi connectivity index (χ0v) is 11.4. The second-order valence-corrected chi connectivity index (χ2v) is 5.98. The van der Waals surface area contributed by atoms with Crippen molar-refractivity contribution in [1.82, 2.24) is 5.32 Å². The monoisotopic (exact) mass is 235 g/mol. The first kappa shape index (κ1) is 14.2. The molecular formula is C15H25NO. The summed E-state index contributed by atoms with van der Waals surface area (Å²) in [5.74, 6) is 0. The van der Waals surface area contributed by atoms with Crippen LogP contribution < -0.4 is 5.32 Å². The highest BCUT2D eigenvalue weighted by molar-refractivity contribution is 5.19. The molecule has 1 aromatic carbocycles. The molecule has 0 heterocycles. The molecule has 0 aromatic heterocycles. The largest absolute Gasteiger partial charge is 0.395 e. The minimum absolute atomic E-state index is 0.127. The Morgan fingerprint density at radius 1 is 1.18 bits per heavy atom. The van der Waals surface area contributed by atoms with Crippen LogP contribution in [0.3, 0.4) is 0 Å². The summed E-state index contributed by atoms with van der Waals surface area (Å²) in [6, 6.07) is 10.9. The lowest BCUT2D eigenvalue weighted by atomic mass is 9.85. The van der Waals surface area contributed by atoms with E-state index in [-0.39, 0.29) is 18.1 Å². The summed E-state index contributed by atoms with van der Waals surface area (Å²) < 4.78 is 0. The van der Waals surface area contributed by atoms with Gasteiger partial charge in [-0.25, -0.2) is 0 Å². The predicted molar refractivity (Wildman–Crippen MR) is 72.9 cm³/mol. The van der Waals surface area contributed by atoms with Crippen molar-refractivity contribution in [2.24, 2.45) is 5.41 Å². The van der Waals surface area contributed by atoms with Crippen LogP contribution in [0.25, 0.3) is 0 Å². The molecule has 0 amide bonds. The molecular weight excluding hydrogens is 210 g/mol. The van der Waals surface area contributed by atoms with Gasteiger partial charge in [0.1, 0.15) is 0 Å². The van der Waals surface area contributed by atoms with Crippen LogP contribution in [0.5, 0.6) is 0 Å². The Bertz CT molecular complexity index is 315. The van der Waals surface area contributed by atoms with Gasteiger partial charge in [-0.05, 0) is 24.3 Å². The minimum atomic E-state index is 0.127. The van der Waals surface area contributed by atoms with Gasteiger partial charge < -0.3 is 10.4 Å². The first-order valence-electron chi connectivity index (χ1n) is 6.34. The smallest absolute Gasteiger partial charge is 0.0582 e. The average molecular weight is 235 g/mol. The van der Waals surface area contributed by atoms with Crippen molar-refractivity contribution >= 4 is 0 Å². The van der Waals surface area contributed by atoms with Crippen molar-refractivity contribution in [3.05, 3.63) is 35.9 Å². The molecule has 0 aliphatic rings. The maximum Gasteiger partial charge on any atom is 0.0582 e. The molecule has 0 bridgehead atoms. The van der Waals surface area contributed by atoms with Crippen molar-refractivity contribution in [3.8, 4) is 0 Å². The van der Waals surface area contributed by atoms with Crippen LogP contribution in [0.1, 0.15) is 45.7 Å². The van der Waals surface area contributed by atoms with Gasteiger partial charge in [-0.3, -0.25) is 0 Å². The van der Waals surface area contributed by atoms with E-state index in [0.717, 1.165) is 6.42 Å². The molecule has 0 saturated carbocycles. The normalized spacial score (nSPS) is 15.6. The van der Waals surface area contributed by atoms with Crippen LogP contribution >= 0.6 is 0 Å². The van der Waals surface area contributed by atoms with Gasteiger partial charge in [0.2, 0.25) is 0 Å². The van der Waals surface area contributed by atoms with E-state index < -0.39 is 0 Å². The van der Waals surface area contributed by atoms with Crippen molar-refractivity contribution in [1.29, 1.82) is 0 Å². The highest BCUT2D eigenvalue weighted by atomic mass is 16.3. The Balaban J connectivity index is 2.79. The number of hydrogen-bond donors (Lipinski definition) is 2. The summed E-state index contributed by atoms with van der Waals surface area (Å²) in [6.07, 6.45) is 1.06. The van der Waals surface area contributed by atoms with Gasteiger partial charge in [-0.15, -0.1) is 0 Å². The van der Waals surface area contributed by atoms with Gasteiger partial charge in [0.15, 0.2) is 0 Å². The Morgan fingerprint density at radius 3 is 2.24 bits per heavy atom. The fourth-order valence-corrected chi connectivity index (χ4v) is 1.97. The van der Waals surface area contributed by atoms with E-state index in [1.54, 1.807) is 0 Å². The molecule has 0 radical (unpaired) electrons. The minimum Gasteiger partial charge on any atom is -0.395 e. The third kappa shape index (κ3) is 5.33. The topological polar surface area (TPSA) is 32.3 Å². The lowest BCUT2D eigenvalue weighted by Gasteiger charge is -2.29. The lowest BCUT2D eigenvalue weighted by Crippen LogP contribution is -2.35. The SMILES string of the molecule is C[C@H](CO)NC(CC(C)(C)C)c1ccccc1. The maximum atomic E-state index is 9.17. The van der Waals surface area contributed by atoms with Crippen LogP contribution in [-0.2, 0) is 0 Å². The van der Waals surface area contributed by atoms with E-state index in [2.05, 4.69) is 50.4 Å². The third-order valence-electron chi connectivity index (χ3n) is 2.78. The molecule has 0 spiro atoms.